The summed E-state index contributed by atoms with van der Waals surface area (Å²) in [7, 11) is 1.60. The average molecular weight is 450 g/mol. The quantitative estimate of drug-likeness (QED) is 0.494. The maximum Gasteiger partial charge on any atom is 0.325 e. The Morgan fingerprint density at radius 1 is 1.12 bits per heavy atom. The molecule has 2 aliphatic heterocycles. The Bertz CT molecular complexity index is 1100. The van der Waals surface area contributed by atoms with E-state index >= 15 is 0 Å². The first kappa shape index (κ1) is 22.5. The summed E-state index contributed by atoms with van der Waals surface area (Å²) in [6.45, 7) is 1.96. The van der Waals surface area contributed by atoms with Crippen LogP contribution in [0.5, 0.6) is 5.75 Å². The van der Waals surface area contributed by atoms with E-state index in [1.54, 1.807) is 43.2 Å². The maximum absolute atomic E-state index is 13.1. The van der Waals surface area contributed by atoms with E-state index in [1.165, 1.54) is 0 Å². The van der Waals surface area contributed by atoms with Gasteiger partial charge in [0.1, 0.15) is 11.3 Å². The van der Waals surface area contributed by atoms with Gasteiger partial charge < -0.3 is 15.0 Å². The molecule has 0 spiro atoms. The van der Waals surface area contributed by atoms with Gasteiger partial charge in [0, 0.05) is 24.2 Å². The number of Topliss-reactive ketones (excluding diaryl/α,β-unsaturated/α-hetero) is 1. The van der Waals surface area contributed by atoms with Crippen LogP contribution in [0.4, 0.5) is 10.5 Å². The summed E-state index contributed by atoms with van der Waals surface area (Å²) >= 11 is 0. The highest BCUT2D eigenvalue weighted by molar-refractivity contribution is 6.11. The van der Waals surface area contributed by atoms with Crippen molar-refractivity contribution in [1.29, 1.82) is 0 Å². The summed E-state index contributed by atoms with van der Waals surface area (Å²) in [6, 6.07) is 13.7. The third-order valence-corrected chi connectivity index (χ3v) is 6.27. The molecule has 2 aromatic carbocycles. The Balaban J connectivity index is 1.42. The molecule has 0 aliphatic carbocycles. The van der Waals surface area contributed by atoms with E-state index in [0.717, 1.165) is 22.6 Å². The summed E-state index contributed by atoms with van der Waals surface area (Å²) in [4.78, 5) is 53.2. The SMILES string of the molecule is COc1ccc(CCC2(C)NC(=O)N(CC(=O)c3cccc(N4CCCC4=O)c3)C2=O)cc1. The van der Waals surface area contributed by atoms with Crippen LogP contribution in [0.25, 0.3) is 0 Å². The van der Waals surface area contributed by atoms with Crippen molar-refractivity contribution < 1.29 is 23.9 Å². The molecule has 33 heavy (non-hydrogen) atoms. The van der Waals surface area contributed by atoms with Crippen molar-refractivity contribution in [3.8, 4) is 5.75 Å². The second kappa shape index (κ2) is 9.05. The zero-order chi connectivity index (χ0) is 23.6. The topological polar surface area (TPSA) is 96.0 Å². The number of hydrogen-bond acceptors (Lipinski definition) is 5. The highest BCUT2D eigenvalue weighted by Crippen LogP contribution is 2.26. The summed E-state index contributed by atoms with van der Waals surface area (Å²) in [5.74, 6) is 0.00558. The van der Waals surface area contributed by atoms with Crippen LogP contribution in [0, 0.1) is 0 Å². The first-order valence-electron chi connectivity index (χ1n) is 11.0. The molecule has 1 unspecified atom stereocenters. The third kappa shape index (κ3) is 4.60. The van der Waals surface area contributed by atoms with Crippen molar-refractivity contribution >= 4 is 29.3 Å². The minimum Gasteiger partial charge on any atom is -0.497 e. The molecular formula is C25H27N3O5. The molecule has 0 bridgehead atoms. The molecule has 0 aromatic heterocycles. The highest BCUT2D eigenvalue weighted by atomic mass is 16.5. The van der Waals surface area contributed by atoms with Crippen molar-refractivity contribution in [3.05, 3.63) is 59.7 Å². The first-order chi connectivity index (χ1) is 15.8. The van der Waals surface area contributed by atoms with Gasteiger partial charge in [0.05, 0.1) is 13.7 Å². The Morgan fingerprint density at radius 2 is 1.88 bits per heavy atom. The second-order valence-corrected chi connectivity index (χ2v) is 8.62. The van der Waals surface area contributed by atoms with Crippen LogP contribution in [0.3, 0.4) is 0 Å². The molecule has 2 aliphatic rings. The monoisotopic (exact) mass is 449 g/mol. The molecule has 2 saturated heterocycles. The fraction of sp³-hybridized carbons (Fsp3) is 0.360. The number of urea groups is 1. The third-order valence-electron chi connectivity index (χ3n) is 6.27. The zero-order valence-corrected chi connectivity index (χ0v) is 18.8. The number of anilines is 1. The maximum atomic E-state index is 13.1. The number of benzene rings is 2. The zero-order valence-electron chi connectivity index (χ0n) is 18.8. The number of nitrogens with zero attached hydrogens (tertiary/aromatic N) is 2. The van der Waals surface area contributed by atoms with Crippen molar-refractivity contribution in [2.45, 2.75) is 38.1 Å². The highest BCUT2D eigenvalue weighted by Gasteiger charge is 2.47. The number of ether oxygens (including phenoxy) is 1. The van der Waals surface area contributed by atoms with Crippen molar-refractivity contribution in [2.24, 2.45) is 0 Å². The second-order valence-electron chi connectivity index (χ2n) is 8.62. The van der Waals surface area contributed by atoms with E-state index in [2.05, 4.69) is 5.32 Å². The van der Waals surface area contributed by atoms with Crippen LogP contribution in [0.15, 0.2) is 48.5 Å². The number of ketones is 1. The van der Waals surface area contributed by atoms with Gasteiger partial charge in [0.2, 0.25) is 5.91 Å². The van der Waals surface area contributed by atoms with Crippen LogP contribution in [-0.4, -0.2) is 54.3 Å². The molecule has 2 fully saturated rings. The molecule has 0 radical (unpaired) electrons. The van der Waals surface area contributed by atoms with Gasteiger partial charge in [-0.1, -0.05) is 24.3 Å². The Hall–Kier alpha value is -3.68. The lowest BCUT2D eigenvalue weighted by molar-refractivity contribution is -0.130. The lowest BCUT2D eigenvalue weighted by atomic mass is 9.93. The molecule has 172 valence electrons. The molecule has 2 heterocycles. The summed E-state index contributed by atoms with van der Waals surface area (Å²) in [5, 5.41) is 2.75. The minimum absolute atomic E-state index is 0.0290. The first-order valence-corrected chi connectivity index (χ1v) is 11.0. The number of aryl methyl sites for hydroxylation is 1. The molecule has 2 aromatic rings. The van der Waals surface area contributed by atoms with Gasteiger partial charge >= 0.3 is 6.03 Å². The van der Waals surface area contributed by atoms with E-state index in [0.29, 0.717) is 37.1 Å². The van der Waals surface area contributed by atoms with E-state index in [9.17, 15) is 19.2 Å². The number of rotatable bonds is 8. The Morgan fingerprint density at radius 3 is 2.55 bits per heavy atom. The smallest absolute Gasteiger partial charge is 0.325 e. The van der Waals surface area contributed by atoms with Gasteiger partial charge in [0.25, 0.3) is 5.91 Å². The van der Waals surface area contributed by atoms with E-state index in [-0.39, 0.29) is 18.2 Å². The van der Waals surface area contributed by atoms with Gasteiger partial charge in [-0.2, -0.15) is 0 Å². The number of amides is 4. The Kier molecular flexibility index (Phi) is 6.18. The molecule has 0 saturated carbocycles. The number of imide groups is 1. The van der Waals surface area contributed by atoms with Gasteiger partial charge in [-0.25, -0.2) is 4.79 Å². The van der Waals surface area contributed by atoms with Crippen LogP contribution in [-0.2, 0) is 16.0 Å². The Labute approximate surface area is 192 Å². The molecule has 1 N–H and O–H groups in total. The van der Waals surface area contributed by atoms with E-state index in [1.807, 2.05) is 24.3 Å². The predicted molar refractivity (Wildman–Crippen MR) is 122 cm³/mol. The number of hydrogen-bond donors (Lipinski definition) is 1. The van der Waals surface area contributed by atoms with Crippen molar-refractivity contribution in [3.63, 3.8) is 0 Å². The summed E-state index contributed by atoms with van der Waals surface area (Å²) in [6.07, 6.45) is 2.27. The summed E-state index contributed by atoms with van der Waals surface area (Å²) < 4.78 is 5.16. The number of carbonyl (C=O) groups is 4. The average Bonchev–Trinajstić information content (AvgIpc) is 3.34. The lowest BCUT2D eigenvalue weighted by Crippen LogP contribution is -2.44. The van der Waals surface area contributed by atoms with Crippen LogP contribution < -0.4 is 15.0 Å². The molecule has 4 amide bonds. The standard InChI is InChI=1S/C25H27N3O5/c1-25(13-12-17-8-10-20(33-2)11-9-17)23(31)28(24(32)26-25)16-21(29)18-5-3-6-19(15-18)27-14-4-7-22(27)30/h3,5-6,8-11,15H,4,7,12-14,16H2,1-2H3,(H,26,32). The number of carbonyl (C=O) groups excluding carboxylic acids is 4. The largest absolute Gasteiger partial charge is 0.497 e. The van der Waals surface area contributed by atoms with Crippen LogP contribution in [0.1, 0.15) is 42.1 Å². The molecular weight excluding hydrogens is 422 g/mol. The van der Waals surface area contributed by atoms with Gasteiger partial charge in [0.15, 0.2) is 5.78 Å². The minimum atomic E-state index is -1.08. The lowest BCUT2D eigenvalue weighted by Gasteiger charge is -2.21. The molecule has 8 nitrogen and oxygen atoms in total. The molecule has 8 heteroatoms. The van der Waals surface area contributed by atoms with E-state index < -0.39 is 17.5 Å². The molecule has 4 rings (SSSR count). The van der Waals surface area contributed by atoms with Gasteiger partial charge in [-0.3, -0.25) is 19.3 Å². The number of nitrogens with one attached hydrogen (secondary N) is 1. The van der Waals surface area contributed by atoms with Crippen LogP contribution >= 0.6 is 0 Å². The number of methoxy groups -OCH3 is 1. The van der Waals surface area contributed by atoms with Gasteiger partial charge in [-0.15, -0.1) is 0 Å². The fourth-order valence-electron chi connectivity index (χ4n) is 4.25. The van der Waals surface area contributed by atoms with Gasteiger partial charge in [-0.05, 0) is 56.0 Å². The van der Waals surface area contributed by atoms with E-state index in [4.69, 9.17) is 4.74 Å². The van der Waals surface area contributed by atoms with Crippen LogP contribution in [0.2, 0.25) is 0 Å². The fourth-order valence-corrected chi connectivity index (χ4v) is 4.25. The normalized spacial score (nSPS) is 20.4. The predicted octanol–water partition coefficient (Wildman–Crippen LogP) is 2.95. The van der Waals surface area contributed by atoms with Crippen molar-refractivity contribution in [1.82, 2.24) is 10.2 Å². The van der Waals surface area contributed by atoms with Crippen molar-refractivity contribution in [2.75, 3.05) is 25.1 Å². The molecule has 1 atom stereocenters. The summed E-state index contributed by atoms with van der Waals surface area (Å²) in [5.41, 5.74) is 0.951.